The average molecular weight is 465 g/mol. The Morgan fingerprint density at radius 2 is 1.97 bits per heavy atom. The first kappa shape index (κ1) is 21.5. The van der Waals surface area contributed by atoms with Crippen molar-refractivity contribution in [2.75, 3.05) is 11.1 Å². The number of aromatic nitrogens is 1. The van der Waals surface area contributed by atoms with Crippen LogP contribution in [0.25, 0.3) is 10.2 Å². The van der Waals surface area contributed by atoms with Gasteiger partial charge >= 0.3 is 0 Å². The van der Waals surface area contributed by atoms with Gasteiger partial charge < -0.3 is 10.4 Å². The van der Waals surface area contributed by atoms with Crippen LogP contribution in [0.2, 0.25) is 0 Å². The number of hydrogen-bond donors (Lipinski definition) is 2. The summed E-state index contributed by atoms with van der Waals surface area (Å²) >= 11 is 2.69. The van der Waals surface area contributed by atoms with Crippen LogP contribution in [0.5, 0.6) is 5.75 Å². The lowest BCUT2D eigenvalue weighted by molar-refractivity contribution is -0.383. The van der Waals surface area contributed by atoms with Gasteiger partial charge in [0.2, 0.25) is 5.91 Å². The number of para-hydroxylation sites is 3. The minimum Gasteiger partial charge on any atom is -0.507 e. The second-order valence-corrected chi connectivity index (χ2v) is 8.81. The maximum absolute atomic E-state index is 12.3. The number of nitrogens with zero attached hydrogens (tertiary/aromatic N) is 3. The number of hydrogen-bond acceptors (Lipinski definition) is 8. The fourth-order valence-electron chi connectivity index (χ4n) is 2.83. The molecule has 0 atom stereocenters. The third kappa shape index (κ3) is 5.10. The molecule has 0 aliphatic carbocycles. The van der Waals surface area contributed by atoms with Gasteiger partial charge in [0, 0.05) is 17.8 Å². The van der Waals surface area contributed by atoms with E-state index in [1.165, 1.54) is 35.2 Å². The predicted molar refractivity (Wildman–Crippen MR) is 127 cm³/mol. The number of aromatic hydroxyl groups is 1. The van der Waals surface area contributed by atoms with E-state index in [1.807, 2.05) is 24.3 Å². The zero-order valence-electron chi connectivity index (χ0n) is 16.5. The van der Waals surface area contributed by atoms with Crippen LogP contribution in [0.4, 0.5) is 17.1 Å². The number of carbonyl (C=O) groups is 1. The Balaban J connectivity index is 1.42. The van der Waals surface area contributed by atoms with Crippen LogP contribution in [0.3, 0.4) is 0 Å². The van der Waals surface area contributed by atoms with Gasteiger partial charge in [-0.3, -0.25) is 19.9 Å². The first-order valence-corrected chi connectivity index (χ1v) is 11.2. The van der Waals surface area contributed by atoms with Crippen LogP contribution in [0, 0.1) is 10.1 Å². The SMILES string of the molecule is O=C(CSc1nc2ccc(N=Cc3ccccc3O)cc2s1)Nc1ccccc1[N+](=O)[O-]. The number of aliphatic imine (C=N–C) groups is 1. The molecule has 0 radical (unpaired) electrons. The van der Waals surface area contributed by atoms with Gasteiger partial charge in [-0.2, -0.15) is 0 Å². The number of thioether (sulfide) groups is 1. The van der Waals surface area contributed by atoms with E-state index >= 15 is 0 Å². The van der Waals surface area contributed by atoms with E-state index in [0.717, 1.165) is 15.9 Å². The van der Waals surface area contributed by atoms with Crippen LogP contribution in [0.15, 0.2) is 76.1 Å². The van der Waals surface area contributed by atoms with E-state index in [2.05, 4.69) is 15.3 Å². The van der Waals surface area contributed by atoms with E-state index in [1.54, 1.807) is 36.5 Å². The van der Waals surface area contributed by atoms with Gasteiger partial charge in [-0.1, -0.05) is 36.0 Å². The summed E-state index contributed by atoms with van der Waals surface area (Å²) < 4.78 is 1.62. The van der Waals surface area contributed by atoms with Crippen molar-refractivity contribution in [3.63, 3.8) is 0 Å². The molecule has 0 unspecified atom stereocenters. The summed E-state index contributed by atoms with van der Waals surface area (Å²) in [4.78, 5) is 31.7. The van der Waals surface area contributed by atoms with Gasteiger partial charge in [-0.15, -0.1) is 11.3 Å². The normalized spacial score (nSPS) is 11.1. The molecule has 32 heavy (non-hydrogen) atoms. The maximum Gasteiger partial charge on any atom is 0.292 e. The van der Waals surface area contributed by atoms with Crippen molar-refractivity contribution < 1.29 is 14.8 Å². The van der Waals surface area contributed by atoms with E-state index in [0.29, 0.717) is 9.90 Å². The highest BCUT2D eigenvalue weighted by Crippen LogP contribution is 2.32. The molecule has 0 aliphatic heterocycles. The third-order valence-corrected chi connectivity index (χ3v) is 6.50. The number of amides is 1. The fraction of sp³-hybridized carbons (Fsp3) is 0.0455. The minimum absolute atomic E-state index is 0.0736. The van der Waals surface area contributed by atoms with Crippen molar-refractivity contribution in [2.24, 2.45) is 4.99 Å². The van der Waals surface area contributed by atoms with Gasteiger partial charge in [-0.25, -0.2) is 4.98 Å². The molecule has 2 N–H and O–H groups in total. The topological polar surface area (TPSA) is 118 Å². The molecule has 10 heteroatoms. The van der Waals surface area contributed by atoms with Crippen LogP contribution in [-0.2, 0) is 4.79 Å². The first-order valence-electron chi connectivity index (χ1n) is 9.38. The molecule has 0 spiro atoms. The number of rotatable bonds is 7. The Labute approximate surface area is 190 Å². The Hall–Kier alpha value is -3.76. The fourth-order valence-corrected chi connectivity index (χ4v) is 4.73. The lowest BCUT2D eigenvalue weighted by atomic mass is 10.2. The number of nitrogens with one attached hydrogen (secondary N) is 1. The average Bonchev–Trinajstić information content (AvgIpc) is 3.19. The van der Waals surface area contributed by atoms with Crippen molar-refractivity contribution in [3.8, 4) is 5.75 Å². The summed E-state index contributed by atoms with van der Waals surface area (Å²) in [7, 11) is 0. The van der Waals surface area contributed by atoms with Gasteiger partial charge in [-0.05, 0) is 36.4 Å². The number of benzene rings is 3. The molecule has 1 amide bonds. The van der Waals surface area contributed by atoms with Crippen molar-refractivity contribution in [1.82, 2.24) is 4.98 Å². The first-order chi connectivity index (χ1) is 15.5. The molecule has 0 aliphatic rings. The molecule has 4 rings (SSSR count). The van der Waals surface area contributed by atoms with Crippen molar-refractivity contribution in [3.05, 3.63) is 82.4 Å². The van der Waals surface area contributed by atoms with Crippen LogP contribution >= 0.6 is 23.1 Å². The number of nitro benzene ring substituents is 1. The molecular weight excluding hydrogens is 448 g/mol. The van der Waals surface area contributed by atoms with Crippen molar-refractivity contribution in [1.29, 1.82) is 0 Å². The summed E-state index contributed by atoms with van der Waals surface area (Å²) in [5.41, 5.74) is 2.15. The number of thiazole rings is 1. The summed E-state index contributed by atoms with van der Waals surface area (Å²) in [6, 6.07) is 18.5. The number of phenolic OH excluding ortho intramolecular Hbond substituents is 1. The van der Waals surface area contributed by atoms with Crippen LogP contribution < -0.4 is 5.32 Å². The van der Waals surface area contributed by atoms with Gasteiger partial charge in [0.1, 0.15) is 11.4 Å². The summed E-state index contributed by atoms with van der Waals surface area (Å²) in [6.45, 7) is 0. The van der Waals surface area contributed by atoms with E-state index in [9.17, 15) is 20.0 Å². The van der Waals surface area contributed by atoms with E-state index in [-0.39, 0.29) is 28.8 Å². The minimum atomic E-state index is -0.532. The second-order valence-electron chi connectivity index (χ2n) is 6.56. The van der Waals surface area contributed by atoms with Crippen LogP contribution in [0.1, 0.15) is 5.56 Å². The van der Waals surface area contributed by atoms with E-state index in [4.69, 9.17) is 0 Å². The number of phenols is 1. The Morgan fingerprint density at radius 1 is 1.19 bits per heavy atom. The molecule has 4 aromatic rings. The molecule has 1 aromatic heterocycles. The highest BCUT2D eigenvalue weighted by molar-refractivity contribution is 8.01. The number of fused-ring (bicyclic) bond motifs is 1. The van der Waals surface area contributed by atoms with Gasteiger partial charge in [0.05, 0.1) is 26.6 Å². The molecule has 0 bridgehead atoms. The van der Waals surface area contributed by atoms with Crippen molar-refractivity contribution in [2.45, 2.75) is 4.34 Å². The summed E-state index contributed by atoms with van der Waals surface area (Å²) in [6.07, 6.45) is 1.60. The molecule has 8 nitrogen and oxygen atoms in total. The number of carbonyl (C=O) groups excluding carboxylic acids is 1. The molecule has 160 valence electrons. The Kier molecular flexibility index (Phi) is 6.43. The zero-order chi connectivity index (χ0) is 22.5. The second kappa shape index (κ2) is 9.58. The standard InChI is InChI=1S/C22H16N4O4S2/c27-19-8-4-1-5-14(19)12-23-15-9-10-17-20(11-15)32-22(25-17)31-13-21(28)24-16-6-2-3-7-18(16)26(29)30/h1-12,27H,13H2,(H,24,28). The van der Waals surface area contributed by atoms with Crippen LogP contribution in [-0.4, -0.2) is 32.9 Å². The molecule has 0 fully saturated rings. The van der Waals surface area contributed by atoms with Gasteiger partial charge in [0.25, 0.3) is 5.69 Å². The monoisotopic (exact) mass is 464 g/mol. The van der Waals surface area contributed by atoms with E-state index < -0.39 is 4.92 Å². The summed E-state index contributed by atoms with van der Waals surface area (Å²) in [5.74, 6) is -0.117. The Bertz CT molecular complexity index is 1340. The molecule has 3 aromatic carbocycles. The lowest BCUT2D eigenvalue weighted by Crippen LogP contribution is -2.15. The third-order valence-electron chi connectivity index (χ3n) is 4.34. The predicted octanol–water partition coefficient (Wildman–Crippen LogP) is 5.39. The molecule has 0 saturated heterocycles. The molecular formula is C22H16N4O4S2. The van der Waals surface area contributed by atoms with Crippen molar-refractivity contribution >= 4 is 62.5 Å². The lowest BCUT2D eigenvalue weighted by Gasteiger charge is -2.04. The smallest absolute Gasteiger partial charge is 0.292 e. The summed E-state index contributed by atoms with van der Waals surface area (Å²) in [5, 5.41) is 23.5. The largest absolute Gasteiger partial charge is 0.507 e. The number of nitro groups is 1. The zero-order valence-corrected chi connectivity index (χ0v) is 18.1. The quantitative estimate of drug-likeness (QED) is 0.164. The highest BCUT2D eigenvalue weighted by Gasteiger charge is 2.15. The molecule has 0 saturated carbocycles. The van der Waals surface area contributed by atoms with Gasteiger partial charge in [0.15, 0.2) is 4.34 Å². The Morgan fingerprint density at radius 3 is 2.78 bits per heavy atom. The highest BCUT2D eigenvalue weighted by atomic mass is 32.2. The number of anilines is 1. The molecule has 1 heterocycles. The maximum atomic E-state index is 12.3.